The van der Waals surface area contributed by atoms with Crippen LogP contribution in [0.5, 0.6) is 0 Å². The summed E-state index contributed by atoms with van der Waals surface area (Å²) in [5.74, 6) is -1.21. The number of aliphatic hydroxyl groups excluding tert-OH is 1. The van der Waals surface area contributed by atoms with Gasteiger partial charge in [0, 0.05) is 36.4 Å². The smallest absolute Gasteiger partial charge is 0.353 e. The van der Waals surface area contributed by atoms with Crippen LogP contribution in [0.4, 0.5) is 0 Å². The van der Waals surface area contributed by atoms with Crippen molar-refractivity contribution in [3.63, 3.8) is 0 Å². The number of amides is 1. The molecule has 0 unspecified atom stereocenters. The Morgan fingerprint density at radius 2 is 2.38 bits per heavy atom. The maximum absolute atomic E-state index is 12.0. The zero-order valence-corrected chi connectivity index (χ0v) is 12.5. The molecule has 1 amide bonds. The molecule has 0 aromatic rings. The Bertz CT molecular complexity index is 492. The van der Waals surface area contributed by atoms with Gasteiger partial charge in [0.15, 0.2) is 0 Å². The lowest BCUT2D eigenvalue weighted by molar-refractivity contribution is -0.161. The predicted molar refractivity (Wildman–Crippen MR) is 79.2 cm³/mol. The molecule has 0 aliphatic carbocycles. The van der Waals surface area contributed by atoms with Gasteiger partial charge >= 0.3 is 5.97 Å². The lowest BCUT2D eigenvalue weighted by atomic mass is 9.83. The molecule has 2 aliphatic rings. The molecule has 3 atom stereocenters. The molecule has 2 heterocycles. The number of carboxylic acids is 1. The van der Waals surface area contributed by atoms with Crippen LogP contribution >= 0.6 is 11.8 Å². The number of carbonyl (C=O) groups excluding carboxylic acids is 1. The Balaban J connectivity index is 2.01. The van der Waals surface area contributed by atoms with E-state index >= 15 is 0 Å². The summed E-state index contributed by atoms with van der Waals surface area (Å²) in [7, 11) is 0. The number of fused-ring (bicyclic) bond motifs is 1. The summed E-state index contributed by atoms with van der Waals surface area (Å²) in [5, 5.41) is 28.9. The van der Waals surface area contributed by atoms with Crippen LogP contribution in [0.2, 0.25) is 0 Å². The second kappa shape index (κ2) is 6.59. The highest BCUT2D eigenvalue weighted by Gasteiger charge is 2.56. The number of hydrogen-bond donors (Lipinski definition) is 4. The van der Waals surface area contributed by atoms with Crippen molar-refractivity contribution in [3.05, 3.63) is 10.6 Å². The van der Waals surface area contributed by atoms with Gasteiger partial charge in [0.2, 0.25) is 5.91 Å². The van der Waals surface area contributed by atoms with Crippen LogP contribution in [0.1, 0.15) is 13.3 Å². The van der Waals surface area contributed by atoms with Gasteiger partial charge in [-0.05, 0) is 6.92 Å². The molecule has 0 radical (unpaired) electrons. The quantitative estimate of drug-likeness (QED) is 0.282. The number of thioether (sulfide) groups is 1. The van der Waals surface area contributed by atoms with Crippen LogP contribution < -0.4 is 5.32 Å². The van der Waals surface area contributed by atoms with E-state index in [-0.39, 0.29) is 17.6 Å². The maximum atomic E-state index is 12.0. The Morgan fingerprint density at radius 3 is 2.95 bits per heavy atom. The standard InChI is InChI=1S/C13H19N3O4S/c1-7(17)10-8-6-9(21-5-4-15-3-2-14)11(13(19)20)16(8)12(10)18/h2,7-8,10,14-15,17H,3-6H2,1H3,(H,19,20)/t7-,8-,10-/m1/s1. The second-order valence-corrected chi connectivity index (χ2v) is 6.27. The minimum Gasteiger partial charge on any atom is -0.477 e. The third kappa shape index (κ3) is 2.97. The highest BCUT2D eigenvalue weighted by molar-refractivity contribution is 8.03. The van der Waals surface area contributed by atoms with Crippen LogP contribution in [0.3, 0.4) is 0 Å². The summed E-state index contributed by atoms with van der Waals surface area (Å²) < 4.78 is 0. The van der Waals surface area contributed by atoms with Gasteiger partial charge in [-0.15, -0.1) is 11.8 Å². The summed E-state index contributed by atoms with van der Waals surface area (Å²) in [6.45, 7) is 2.71. The molecule has 116 valence electrons. The monoisotopic (exact) mass is 313 g/mol. The number of hydrogen-bond acceptors (Lipinski definition) is 6. The van der Waals surface area contributed by atoms with Crippen molar-refractivity contribution in [3.8, 4) is 0 Å². The largest absolute Gasteiger partial charge is 0.477 e. The van der Waals surface area contributed by atoms with Gasteiger partial charge in [-0.1, -0.05) is 0 Å². The van der Waals surface area contributed by atoms with E-state index in [9.17, 15) is 19.8 Å². The zero-order chi connectivity index (χ0) is 15.6. The molecule has 2 rings (SSSR count). The van der Waals surface area contributed by atoms with Gasteiger partial charge in [0.1, 0.15) is 5.70 Å². The molecule has 1 fully saturated rings. The fraction of sp³-hybridized carbons (Fsp3) is 0.615. The number of β-lactam (4-membered cyclic amide) rings is 1. The summed E-state index contributed by atoms with van der Waals surface area (Å²) in [4.78, 5) is 25.4. The van der Waals surface area contributed by atoms with Crippen molar-refractivity contribution in [1.82, 2.24) is 10.2 Å². The molecule has 21 heavy (non-hydrogen) atoms. The molecule has 2 aliphatic heterocycles. The van der Waals surface area contributed by atoms with Gasteiger partial charge in [0.25, 0.3) is 0 Å². The predicted octanol–water partition coefficient (Wildman–Crippen LogP) is -0.134. The topological polar surface area (TPSA) is 114 Å². The molecule has 0 saturated carbocycles. The van der Waals surface area contributed by atoms with Crippen molar-refractivity contribution in [1.29, 1.82) is 5.41 Å². The van der Waals surface area contributed by atoms with Gasteiger partial charge in [0.05, 0.1) is 18.1 Å². The number of nitrogens with zero attached hydrogens (tertiary/aromatic N) is 1. The molecule has 4 N–H and O–H groups in total. The van der Waals surface area contributed by atoms with Gasteiger partial charge in [-0.2, -0.15) is 0 Å². The maximum Gasteiger partial charge on any atom is 0.353 e. The van der Waals surface area contributed by atoms with E-state index in [0.717, 1.165) is 0 Å². The summed E-state index contributed by atoms with van der Waals surface area (Å²) in [6.07, 6.45) is 1.01. The fourth-order valence-electron chi connectivity index (χ4n) is 2.78. The van der Waals surface area contributed by atoms with Crippen LogP contribution in [-0.4, -0.2) is 64.2 Å². The van der Waals surface area contributed by atoms with E-state index in [1.165, 1.54) is 22.9 Å². The minimum absolute atomic E-state index is 0.0685. The molecular weight excluding hydrogens is 294 g/mol. The highest BCUT2D eigenvalue weighted by Crippen LogP contribution is 2.46. The Morgan fingerprint density at radius 1 is 1.67 bits per heavy atom. The summed E-state index contributed by atoms with van der Waals surface area (Å²) in [6, 6.07) is -0.222. The Kier molecular flexibility index (Phi) is 5.02. The molecule has 0 aromatic heterocycles. The number of carboxylic acid groups (broad SMARTS) is 1. The average molecular weight is 313 g/mol. The van der Waals surface area contributed by atoms with E-state index in [1.807, 2.05) is 0 Å². The molecule has 1 saturated heterocycles. The normalized spacial score (nSPS) is 25.6. The molecule has 0 bridgehead atoms. The van der Waals surface area contributed by atoms with Crippen LogP contribution in [0, 0.1) is 11.3 Å². The number of aliphatic carboxylic acids is 1. The first-order valence-corrected chi connectivity index (χ1v) is 7.77. The lowest BCUT2D eigenvalue weighted by Gasteiger charge is -2.44. The van der Waals surface area contributed by atoms with E-state index in [1.54, 1.807) is 6.92 Å². The molecule has 8 heteroatoms. The van der Waals surface area contributed by atoms with Gasteiger partial charge in [-0.3, -0.25) is 4.79 Å². The SMILES string of the molecule is C[C@@H](O)[C@H]1C(=O)N2C(C(=O)O)=C(SCCNCC=N)C[C@H]12. The average Bonchev–Trinajstić information content (AvgIpc) is 2.72. The second-order valence-electron chi connectivity index (χ2n) is 5.08. The van der Waals surface area contributed by atoms with Crippen molar-refractivity contribution >= 4 is 29.9 Å². The molecular formula is C13H19N3O4S. The first-order chi connectivity index (χ1) is 9.99. The Labute approximate surface area is 126 Å². The Hall–Kier alpha value is -1.38. The van der Waals surface area contributed by atoms with Gasteiger partial charge in [-0.25, -0.2) is 4.79 Å². The molecule has 7 nitrogen and oxygen atoms in total. The number of nitrogens with one attached hydrogen (secondary N) is 2. The summed E-state index contributed by atoms with van der Waals surface area (Å²) in [5.41, 5.74) is 0.0685. The van der Waals surface area contributed by atoms with E-state index in [0.29, 0.717) is 30.2 Å². The van der Waals surface area contributed by atoms with Crippen molar-refractivity contribution in [2.45, 2.75) is 25.5 Å². The van der Waals surface area contributed by atoms with Crippen LogP contribution in [-0.2, 0) is 9.59 Å². The third-order valence-electron chi connectivity index (χ3n) is 3.69. The van der Waals surface area contributed by atoms with E-state index < -0.39 is 18.0 Å². The van der Waals surface area contributed by atoms with E-state index in [2.05, 4.69) is 5.32 Å². The zero-order valence-electron chi connectivity index (χ0n) is 11.7. The first kappa shape index (κ1) is 16.0. The number of aliphatic hydroxyl groups is 1. The number of carbonyl (C=O) groups is 2. The summed E-state index contributed by atoms with van der Waals surface area (Å²) >= 11 is 1.42. The van der Waals surface area contributed by atoms with Crippen molar-refractivity contribution in [2.24, 2.45) is 5.92 Å². The van der Waals surface area contributed by atoms with Gasteiger partial charge < -0.3 is 25.8 Å². The minimum atomic E-state index is -1.09. The van der Waals surface area contributed by atoms with E-state index in [4.69, 9.17) is 5.41 Å². The van der Waals surface area contributed by atoms with Crippen molar-refractivity contribution in [2.75, 3.05) is 18.8 Å². The van der Waals surface area contributed by atoms with Crippen molar-refractivity contribution < 1.29 is 19.8 Å². The van der Waals surface area contributed by atoms with Crippen LogP contribution in [0.25, 0.3) is 0 Å². The molecule has 0 spiro atoms. The van der Waals surface area contributed by atoms with Crippen LogP contribution in [0.15, 0.2) is 10.6 Å². The fourth-order valence-corrected chi connectivity index (χ4v) is 3.88. The third-order valence-corrected chi connectivity index (χ3v) is 4.81. The highest BCUT2D eigenvalue weighted by atomic mass is 32.2. The lowest BCUT2D eigenvalue weighted by Crippen LogP contribution is -2.61. The number of rotatable bonds is 8. The first-order valence-electron chi connectivity index (χ1n) is 6.79. The molecule has 0 aromatic carbocycles.